The Morgan fingerprint density at radius 2 is 1.80 bits per heavy atom. The third kappa shape index (κ3) is 3.91. The minimum Gasteiger partial charge on any atom is -0.484 e. The highest BCUT2D eigenvalue weighted by molar-refractivity contribution is 6.04. The van der Waals surface area contributed by atoms with Crippen LogP contribution in [-0.2, 0) is 11.2 Å². The van der Waals surface area contributed by atoms with Crippen LogP contribution in [0.3, 0.4) is 0 Å². The lowest BCUT2D eigenvalue weighted by molar-refractivity contribution is -0.118. The number of hydrogen-bond donors (Lipinski definition) is 1. The van der Waals surface area contributed by atoms with Crippen LogP contribution in [-0.4, -0.2) is 25.1 Å². The van der Waals surface area contributed by atoms with Crippen molar-refractivity contribution >= 4 is 17.4 Å². The summed E-state index contributed by atoms with van der Waals surface area (Å²) < 4.78 is 16.0. The quantitative estimate of drug-likeness (QED) is 0.817. The number of benzene rings is 2. The first kappa shape index (κ1) is 16.8. The van der Waals surface area contributed by atoms with E-state index in [0.29, 0.717) is 28.5 Å². The summed E-state index contributed by atoms with van der Waals surface area (Å²) in [5, 5.41) is 2.69. The molecule has 0 aliphatic carbocycles. The van der Waals surface area contributed by atoms with Gasteiger partial charge in [0.05, 0.1) is 5.69 Å². The maximum absolute atomic E-state index is 12.2. The van der Waals surface area contributed by atoms with Crippen LogP contribution in [0.25, 0.3) is 0 Å². The summed E-state index contributed by atoms with van der Waals surface area (Å²) in [5.41, 5.74) is 1.94. The van der Waals surface area contributed by atoms with Crippen molar-refractivity contribution in [3.8, 4) is 17.2 Å². The fourth-order valence-corrected chi connectivity index (χ4v) is 2.49. The monoisotopic (exact) mass is 341 g/mol. The van der Waals surface area contributed by atoms with E-state index in [1.165, 1.54) is 12.5 Å². The molecule has 0 bridgehead atoms. The molecular weight excluding hydrogens is 322 g/mol. The molecule has 6 nitrogen and oxygen atoms in total. The van der Waals surface area contributed by atoms with Crippen LogP contribution in [0, 0.1) is 0 Å². The molecule has 1 aliphatic rings. The van der Waals surface area contributed by atoms with E-state index in [-0.39, 0.29) is 25.1 Å². The number of ketones is 1. The van der Waals surface area contributed by atoms with Gasteiger partial charge in [0.2, 0.25) is 6.79 Å². The summed E-state index contributed by atoms with van der Waals surface area (Å²) in [4.78, 5) is 24.0. The lowest BCUT2D eigenvalue weighted by Gasteiger charge is -2.11. The molecule has 25 heavy (non-hydrogen) atoms. The van der Waals surface area contributed by atoms with Crippen molar-refractivity contribution in [3.05, 3.63) is 47.5 Å². The van der Waals surface area contributed by atoms with Gasteiger partial charge in [0.1, 0.15) is 5.75 Å². The van der Waals surface area contributed by atoms with Crippen molar-refractivity contribution in [2.45, 2.75) is 20.3 Å². The summed E-state index contributed by atoms with van der Waals surface area (Å²) in [6.07, 6.45) is 0.943. The fraction of sp³-hybridized carbons (Fsp3) is 0.263. The Bertz CT molecular complexity index is 798. The van der Waals surface area contributed by atoms with Crippen LogP contribution in [0.5, 0.6) is 17.2 Å². The minimum atomic E-state index is -0.360. The second-order valence-corrected chi connectivity index (χ2v) is 5.64. The molecule has 0 saturated carbocycles. The third-order valence-corrected chi connectivity index (χ3v) is 3.87. The molecule has 0 radical (unpaired) electrons. The normalized spacial score (nSPS) is 11.9. The van der Waals surface area contributed by atoms with Gasteiger partial charge in [-0.15, -0.1) is 0 Å². The number of anilines is 1. The van der Waals surface area contributed by atoms with Gasteiger partial charge in [-0.2, -0.15) is 0 Å². The van der Waals surface area contributed by atoms with Gasteiger partial charge >= 0.3 is 0 Å². The van der Waals surface area contributed by atoms with Gasteiger partial charge in [0.15, 0.2) is 23.9 Å². The van der Waals surface area contributed by atoms with Gasteiger partial charge in [0.25, 0.3) is 5.91 Å². The SMILES string of the molecule is CCc1ccc(OCC(=O)Nc2cc3c(cc2C(C)=O)OCO3)cc1. The van der Waals surface area contributed by atoms with Crippen molar-refractivity contribution in [1.29, 1.82) is 0 Å². The zero-order valence-corrected chi connectivity index (χ0v) is 14.1. The highest BCUT2D eigenvalue weighted by Gasteiger charge is 2.20. The number of carbonyl (C=O) groups excluding carboxylic acids is 2. The van der Waals surface area contributed by atoms with E-state index in [1.54, 1.807) is 12.1 Å². The number of aryl methyl sites for hydroxylation is 1. The predicted octanol–water partition coefficient (Wildman–Crippen LogP) is 3.20. The summed E-state index contributed by atoms with van der Waals surface area (Å²) in [6.45, 7) is 3.44. The molecule has 130 valence electrons. The maximum Gasteiger partial charge on any atom is 0.262 e. The molecule has 1 aliphatic heterocycles. The van der Waals surface area contributed by atoms with E-state index in [0.717, 1.165) is 6.42 Å². The first-order valence-corrected chi connectivity index (χ1v) is 8.03. The molecule has 2 aromatic carbocycles. The number of ether oxygens (including phenoxy) is 3. The van der Waals surface area contributed by atoms with Crippen LogP contribution in [0.4, 0.5) is 5.69 Å². The maximum atomic E-state index is 12.2. The summed E-state index contributed by atoms with van der Waals surface area (Å²) in [6, 6.07) is 10.7. The van der Waals surface area contributed by atoms with E-state index >= 15 is 0 Å². The van der Waals surface area contributed by atoms with Crippen LogP contribution in [0.15, 0.2) is 36.4 Å². The Kier molecular flexibility index (Phi) is 4.88. The van der Waals surface area contributed by atoms with E-state index in [4.69, 9.17) is 14.2 Å². The molecule has 6 heteroatoms. The van der Waals surface area contributed by atoms with E-state index in [1.807, 2.05) is 24.3 Å². The van der Waals surface area contributed by atoms with Gasteiger partial charge < -0.3 is 19.5 Å². The largest absolute Gasteiger partial charge is 0.484 e. The number of rotatable bonds is 6. The average Bonchev–Trinajstić information content (AvgIpc) is 3.07. The molecule has 2 aromatic rings. The van der Waals surface area contributed by atoms with Crippen molar-refractivity contribution in [1.82, 2.24) is 0 Å². The smallest absolute Gasteiger partial charge is 0.262 e. The van der Waals surface area contributed by atoms with Crippen LogP contribution in [0.1, 0.15) is 29.8 Å². The van der Waals surface area contributed by atoms with Gasteiger partial charge in [-0.25, -0.2) is 0 Å². The summed E-state index contributed by atoms with van der Waals surface area (Å²) in [7, 11) is 0. The number of Topliss-reactive ketones (excluding diaryl/α,β-unsaturated/α-hetero) is 1. The number of nitrogens with one attached hydrogen (secondary N) is 1. The molecule has 0 atom stereocenters. The summed E-state index contributed by atoms with van der Waals surface area (Å²) in [5.74, 6) is 1.07. The molecule has 0 fully saturated rings. The van der Waals surface area contributed by atoms with E-state index in [2.05, 4.69) is 12.2 Å². The Balaban J connectivity index is 1.67. The molecule has 1 heterocycles. The molecule has 0 saturated heterocycles. The van der Waals surface area contributed by atoms with E-state index in [9.17, 15) is 9.59 Å². The number of carbonyl (C=O) groups is 2. The molecule has 0 spiro atoms. The molecule has 0 aromatic heterocycles. The van der Waals surface area contributed by atoms with Gasteiger partial charge in [-0.05, 0) is 37.1 Å². The van der Waals surface area contributed by atoms with Gasteiger partial charge in [-0.3, -0.25) is 9.59 Å². The first-order chi connectivity index (χ1) is 12.1. The minimum absolute atomic E-state index is 0.0982. The number of fused-ring (bicyclic) bond motifs is 1. The number of amides is 1. The lowest BCUT2D eigenvalue weighted by atomic mass is 10.1. The zero-order valence-electron chi connectivity index (χ0n) is 14.1. The highest BCUT2D eigenvalue weighted by Crippen LogP contribution is 2.37. The molecule has 0 unspecified atom stereocenters. The van der Waals surface area contributed by atoms with Crippen LogP contribution >= 0.6 is 0 Å². The second kappa shape index (κ2) is 7.25. The second-order valence-electron chi connectivity index (χ2n) is 5.64. The van der Waals surface area contributed by atoms with Crippen molar-refractivity contribution in [2.75, 3.05) is 18.7 Å². The lowest BCUT2D eigenvalue weighted by Crippen LogP contribution is -2.21. The highest BCUT2D eigenvalue weighted by atomic mass is 16.7. The topological polar surface area (TPSA) is 73.9 Å². The standard InChI is InChI=1S/C19H19NO5/c1-3-13-4-6-14(7-5-13)23-10-19(22)20-16-9-18-17(24-11-25-18)8-15(16)12(2)21/h4-9H,3,10-11H2,1-2H3,(H,20,22). The van der Waals surface area contributed by atoms with Crippen LogP contribution in [0.2, 0.25) is 0 Å². The Labute approximate surface area is 145 Å². The fourth-order valence-electron chi connectivity index (χ4n) is 2.49. The Morgan fingerprint density at radius 1 is 1.12 bits per heavy atom. The molecule has 1 amide bonds. The average molecular weight is 341 g/mol. The van der Waals surface area contributed by atoms with Gasteiger partial charge in [-0.1, -0.05) is 19.1 Å². The van der Waals surface area contributed by atoms with Crippen molar-refractivity contribution in [3.63, 3.8) is 0 Å². The van der Waals surface area contributed by atoms with Crippen molar-refractivity contribution in [2.24, 2.45) is 0 Å². The van der Waals surface area contributed by atoms with Crippen LogP contribution < -0.4 is 19.5 Å². The van der Waals surface area contributed by atoms with Crippen molar-refractivity contribution < 1.29 is 23.8 Å². The molecule has 1 N–H and O–H groups in total. The third-order valence-electron chi connectivity index (χ3n) is 3.87. The first-order valence-electron chi connectivity index (χ1n) is 8.03. The molecular formula is C19H19NO5. The van der Waals surface area contributed by atoms with E-state index < -0.39 is 0 Å². The molecule has 3 rings (SSSR count). The Morgan fingerprint density at radius 3 is 2.44 bits per heavy atom. The number of hydrogen-bond acceptors (Lipinski definition) is 5. The summed E-state index contributed by atoms with van der Waals surface area (Å²) >= 11 is 0. The van der Waals surface area contributed by atoms with Gasteiger partial charge in [0, 0.05) is 11.6 Å². The Hall–Kier alpha value is -3.02. The zero-order chi connectivity index (χ0) is 17.8. The predicted molar refractivity (Wildman–Crippen MR) is 92.5 cm³/mol.